The highest BCUT2D eigenvalue weighted by atomic mass is 16.5. The van der Waals surface area contributed by atoms with Crippen LogP contribution in [0.2, 0.25) is 0 Å². The predicted octanol–water partition coefficient (Wildman–Crippen LogP) is 1.73. The molecule has 1 aliphatic carbocycles. The summed E-state index contributed by atoms with van der Waals surface area (Å²) < 4.78 is 10.2. The van der Waals surface area contributed by atoms with Gasteiger partial charge in [0.25, 0.3) is 0 Å². The molecule has 18 heavy (non-hydrogen) atoms. The third-order valence-corrected chi connectivity index (χ3v) is 3.66. The van der Waals surface area contributed by atoms with Crippen LogP contribution in [-0.2, 0) is 14.3 Å². The molecule has 0 heterocycles. The maximum atomic E-state index is 12.2. The fourth-order valence-corrected chi connectivity index (χ4v) is 2.48. The molecule has 0 aromatic carbocycles. The Morgan fingerprint density at radius 1 is 1.06 bits per heavy atom. The summed E-state index contributed by atoms with van der Waals surface area (Å²) in [5, 5.41) is 0. The smallest absolute Gasteiger partial charge is 0.149 e. The van der Waals surface area contributed by atoms with Crippen LogP contribution >= 0.6 is 0 Å². The minimum Gasteiger partial charge on any atom is -0.383 e. The molecule has 0 N–H and O–H groups in total. The van der Waals surface area contributed by atoms with Gasteiger partial charge in [0.1, 0.15) is 5.78 Å². The Morgan fingerprint density at radius 3 is 2.11 bits per heavy atom. The van der Waals surface area contributed by atoms with Gasteiger partial charge in [0.2, 0.25) is 0 Å². The summed E-state index contributed by atoms with van der Waals surface area (Å²) in [7, 11) is 3.38. The molecule has 0 saturated heterocycles. The number of hydrogen-bond donors (Lipinski definition) is 0. The zero-order valence-electron chi connectivity index (χ0n) is 11.8. The lowest BCUT2D eigenvalue weighted by Gasteiger charge is -2.25. The van der Waals surface area contributed by atoms with Crippen LogP contribution in [-0.4, -0.2) is 57.8 Å². The number of ether oxygens (including phenoxy) is 2. The molecule has 0 amide bonds. The topological polar surface area (TPSA) is 38.8 Å². The molecule has 0 atom stereocenters. The molecule has 1 aliphatic rings. The second-order valence-corrected chi connectivity index (χ2v) is 5.06. The summed E-state index contributed by atoms with van der Waals surface area (Å²) >= 11 is 0. The Kier molecular flexibility index (Phi) is 8.22. The van der Waals surface area contributed by atoms with Crippen LogP contribution in [0.15, 0.2) is 0 Å². The number of nitrogens with zero attached hydrogens (tertiary/aromatic N) is 1. The van der Waals surface area contributed by atoms with Crippen LogP contribution in [0.5, 0.6) is 0 Å². The molecule has 0 bridgehead atoms. The second kappa shape index (κ2) is 9.48. The van der Waals surface area contributed by atoms with Crippen LogP contribution in [0.3, 0.4) is 0 Å². The van der Waals surface area contributed by atoms with Crippen molar-refractivity contribution in [3.05, 3.63) is 0 Å². The van der Waals surface area contributed by atoms with E-state index in [1.807, 2.05) is 0 Å². The number of ketones is 1. The molecule has 0 radical (unpaired) electrons. The number of carbonyl (C=O) groups is 1. The normalized spacial score (nSPS) is 17.3. The van der Waals surface area contributed by atoms with Gasteiger partial charge < -0.3 is 9.47 Å². The fraction of sp³-hybridized carbons (Fsp3) is 0.929. The van der Waals surface area contributed by atoms with Crippen molar-refractivity contribution in [1.29, 1.82) is 0 Å². The van der Waals surface area contributed by atoms with E-state index in [2.05, 4.69) is 4.90 Å². The molecule has 0 aromatic rings. The van der Waals surface area contributed by atoms with E-state index >= 15 is 0 Å². The standard InChI is InChI=1S/C14H27NO3/c1-17-10-8-15(9-11-18-2)12-14(16)13-6-4-3-5-7-13/h13H,3-12H2,1-2H3. The number of hydrogen-bond acceptors (Lipinski definition) is 4. The summed E-state index contributed by atoms with van der Waals surface area (Å²) in [6, 6.07) is 0. The molecule has 106 valence electrons. The van der Waals surface area contributed by atoms with E-state index < -0.39 is 0 Å². The molecule has 0 unspecified atom stereocenters. The van der Waals surface area contributed by atoms with Gasteiger partial charge in [0.15, 0.2) is 0 Å². The summed E-state index contributed by atoms with van der Waals surface area (Å²) in [6.45, 7) is 3.50. The van der Waals surface area contributed by atoms with E-state index in [1.165, 1.54) is 19.3 Å². The maximum Gasteiger partial charge on any atom is 0.149 e. The van der Waals surface area contributed by atoms with Crippen molar-refractivity contribution in [3.8, 4) is 0 Å². The molecule has 1 saturated carbocycles. The van der Waals surface area contributed by atoms with E-state index in [0.717, 1.165) is 25.9 Å². The van der Waals surface area contributed by atoms with Gasteiger partial charge in [0, 0.05) is 33.2 Å². The first-order valence-corrected chi connectivity index (χ1v) is 7.01. The first-order valence-electron chi connectivity index (χ1n) is 7.01. The summed E-state index contributed by atoms with van der Waals surface area (Å²) in [4.78, 5) is 14.4. The van der Waals surface area contributed by atoms with E-state index in [9.17, 15) is 4.79 Å². The van der Waals surface area contributed by atoms with Crippen LogP contribution in [0, 0.1) is 5.92 Å². The molecule has 4 heteroatoms. The molecule has 1 rings (SSSR count). The van der Waals surface area contributed by atoms with Gasteiger partial charge in [-0.1, -0.05) is 19.3 Å². The fourth-order valence-electron chi connectivity index (χ4n) is 2.48. The largest absolute Gasteiger partial charge is 0.383 e. The van der Waals surface area contributed by atoms with Gasteiger partial charge in [-0.3, -0.25) is 9.69 Å². The number of methoxy groups -OCH3 is 2. The SMILES string of the molecule is COCCN(CCOC)CC(=O)C1CCCCC1. The van der Waals surface area contributed by atoms with Gasteiger partial charge in [0.05, 0.1) is 19.8 Å². The highest BCUT2D eigenvalue weighted by Gasteiger charge is 2.22. The number of Topliss-reactive ketones (excluding diaryl/α,β-unsaturated/α-hetero) is 1. The average molecular weight is 257 g/mol. The van der Waals surface area contributed by atoms with Crippen molar-refractivity contribution in [1.82, 2.24) is 4.90 Å². The number of rotatable bonds is 9. The van der Waals surface area contributed by atoms with Gasteiger partial charge in [-0.25, -0.2) is 0 Å². The third kappa shape index (κ3) is 5.94. The minimum absolute atomic E-state index is 0.298. The average Bonchev–Trinajstić information content (AvgIpc) is 2.42. The van der Waals surface area contributed by atoms with Crippen molar-refractivity contribution in [2.24, 2.45) is 5.92 Å². The summed E-state index contributed by atoms with van der Waals surface area (Å²) in [5.74, 6) is 0.702. The Hall–Kier alpha value is -0.450. The van der Waals surface area contributed by atoms with Crippen LogP contribution in [0.25, 0.3) is 0 Å². The monoisotopic (exact) mass is 257 g/mol. The first-order chi connectivity index (χ1) is 8.77. The van der Waals surface area contributed by atoms with Crippen LogP contribution in [0.1, 0.15) is 32.1 Å². The van der Waals surface area contributed by atoms with Crippen molar-refractivity contribution >= 4 is 5.78 Å². The summed E-state index contributed by atoms with van der Waals surface area (Å²) in [6.07, 6.45) is 5.89. The number of carbonyl (C=O) groups excluding carboxylic acids is 1. The molecule has 4 nitrogen and oxygen atoms in total. The lowest BCUT2D eigenvalue weighted by atomic mass is 9.86. The Bertz CT molecular complexity index is 219. The molecule has 0 spiro atoms. The molecule has 0 aliphatic heterocycles. The lowest BCUT2D eigenvalue weighted by molar-refractivity contribution is -0.125. The van der Waals surface area contributed by atoms with E-state index in [0.29, 0.717) is 31.5 Å². The zero-order valence-corrected chi connectivity index (χ0v) is 11.8. The van der Waals surface area contributed by atoms with Crippen molar-refractivity contribution in [3.63, 3.8) is 0 Å². The Morgan fingerprint density at radius 2 is 1.61 bits per heavy atom. The third-order valence-electron chi connectivity index (χ3n) is 3.66. The van der Waals surface area contributed by atoms with E-state index in [1.54, 1.807) is 14.2 Å². The highest BCUT2D eigenvalue weighted by molar-refractivity contribution is 5.83. The molecule has 0 aromatic heterocycles. The van der Waals surface area contributed by atoms with Gasteiger partial charge in [-0.15, -0.1) is 0 Å². The van der Waals surface area contributed by atoms with Crippen molar-refractivity contribution in [2.75, 3.05) is 47.1 Å². The second-order valence-electron chi connectivity index (χ2n) is 5.06. The minimum atomic E-state index is 0.298. The van der Waals surface area contributed by atoms with E-state index in [-0.39, 0.29) is 0 Å². The van der Waals surface area contributed by atoms with E-state index in [4.69, 9.17) is 9.47 Å². The first kappa shape index (κ1) is 15.6. The van der Waals surface area contributed by atoms with Gasteiger partial charge >= 0.3 is 0 Å². The Balaban J connectivity index is 2.34. The quantitative estimate of drug-likeness (QED) is 0.630. The maximum absolute atomic E-state index is 12.2. The van der Waals surface area contributed by atoms with Gasteiger partial charge in [-0.05, 0) is 12.8 Å². The van der Waals surface area contributed by atoms with Gasteiger partial charge in [-0.2, -0.15) is 0 Å². The zero-order chi connectivity index (χ0) is 13.2. The lowest BCUT2D eigenvalue weighted by Crippen LogP contribution is -2.38. The summed E-state index contributed by atoms with van der Waals surface area (Å²) in [5.41, 5.74) is 0. The molecular formula is C14H27NO3. The predicted molar refractivity (Wildman–Crippen MR) is 71.8 cm³/mol. The Labute approximate surface area is 111 Å². The highest BCUT2D eigenvalue weighted by Crippen LogP contribution is 2.24. The van der Waals surface area contributed by atoms with Crippen molar-refractivity contribution < 1.29 is 14.3 Å². The molecule has 1 fully saturated rings. The van der Waals surface area contributed by atoms with Crippen LogP contribution < -0.4 is 0 Å². The van der Waals surface area contributed by atoms with Crippen molar-refractivity contribution in [2.45, 2.75) is 32.1 Å². The van der Waals surface area contributed by atoms with Crippen LogP contribution in [0.4, 0.5) is 0 Å². The molecular weight excluding hydrogens is 230 g/mol.